The maximum absolute atomic E-state index is 14.0. The Morgan fingerprint density at radius 3 is 1.37 bits per heavy atom. The summed E-state index contributed by atoms with van der Waals surface area (Å²) in [6.45, 7) is 0. The highest BCUT2D eigenvalue weighted by Gasteiger charge is 2.21. The second-order valence-electron chi connectivity index (χ2n) is 15.7. The van der Waals surface area contributed by atoms with Gasteiger partial charge < -0.3 is 9.13 Å². The average Bonchev–Trinajstić information content (AvgIpc) is 3.94. The highest BCUT2D eigenvalue weighted by atomic mass is 16.1. The number of aromatic nitrogens is 3. The van der Waals surface area contributed by atoms with Crippen molar-refractivity contribution in [3.8, 4) is 33.6 Å². The Labute approximate surface area is 338 Å². The second kappa shape index (κ2) is 12.0. The molecule has 59 heavy (non-hydrogen) atoms. The molecule has 4 heteroatoms. The zero-order valence-electron chi connectivity index (χ0n) is 31.8. The molecule has 13 rings (SSSR count). The highest BCUT2D eigenvalue weighted by molar-refractivity contribution is 6.21. The van der Waals surface area contributed by atoms with Gasteiger partial charge in [0.2, 0.25) is 0 Å². The van der Waals surface area contributed by atoms with E-state index in [0.29, 0.717) is 0 Å². The SMILES string of the molecule is O=c1c2ccccc2c2cc(-n3c4ccccc4c4cc(-c5ccc6c(c5)c5ccccc5n6-c5cccc(-c6ccccc6)c5)ccc43)cc3c4ccccc4n1c23. The van der Waals surface area contributed by atoms with Crippen LogP contribution in [0.1, 0.15) is 0 Å². The molecule has 0 bridgehead atoms. The molecule has 4 nitrogen and oxygen atoms in total. The third-order valence-electron chi connectivity index (χ3n) is 12.6. The Bertz CT molecular complexity index is 3920. The largest absolute Gasteiger partial charge is 0.309 e. The van der Waals surface area contributed by atoms with Gasteiger partial charge >= 0.3 is 0 Å². The minimum atomic E-state index is 0.0245. The first-order valence-corrected chi connectivity index (χ1v) is 20.1. The normalized spacial score (nSPS) is 12.1. The maximum Gasteiger partial charge on any atom is 0.263 e. The number of hydrogen-bond acceptors (Lipinski definition) is 1. The first kappa shape index (κ1) is 32.2. The van der Waals surface area contributed by atoms with E-state index in [-0.39, 0.29) is 5.56 Å². The van der Waals surface area contributed by atoms with E-state index in [2.05, 4.69) is 185 Å². The van der Waals surface area contributed by atoms with Crippen LogP contribution in [0.4, 0.5) is 0 Å². The van der Waals surface area contributed by atoms with Crippen LogP contribution in [0.2, 0.25) is 0 Å². The van der Waals surface area contributed by atoms with Crippen LogP contribution in [0, 0.1) is 0 Å². The monoisotopic (exact) mass is 751 g/mol. The van der Waals surface area contributed by atoms with Gasteiger partial charge in [-0.1, -0.05) is 127 Å². The lowest BCUT2D eigenvalue weighted by Gasteiger charge is -2.12. The van der Waals surface area contributed by atoms with Gasteiger partial charge in [-0.15, -0.1) is 0 Å². The minimum Gasteiger partial charge on any atom is -0.309 e. The second-order valence-corrected chi connectivity index (χ2v) is 15.7. The number of para-hydroxylation sites is 3. The Hall–Kier alpha value is -7.95. The fourth-order valence-electron chi connectivity index (χ4n) is 9.97. The van der Waals surface area contributed by atoms with Crippen molar-refractivity contribution >= 4 is 81.6 Å². The molecule has 13 aromatic rings. The summed E-state index contributed by atoms with van der Waals surface area (Å²) < 4.78 is 6.71. The standard InChI is InChI=1S/C55H33N3O/c59-55-44-21-5-4-17-40(44)47-32-39(33-48-43-20-8-11-24-51(43)58(55)54(47)48)57-50-23-10-7-19-42(50)46-31-37(26-28-53(46)57)36-25-27-52-45(30-36)41-18-6-9-22-49(41)56(52)38-16-12-15-35(29-38)34-13-2-1-3-14-34/h1-33H. The number of benzene rings is 9. The van der Waals surface area contributed by atoms with Crippen molar-refractivity contribution in [3.63, 3.8) is 0 Å². The summed E-state index contributed by atoms with van der Waals surface area (Å²) in [5, 5.41) is 9.80. The fraction of sp³-hybridized carbons (Fsp3) is 0. The van der Waals surface area contributed by atoms with E-state index in [0.717, 1.165) is 60.4 Å². The molecule has 0 aliphatic rings. The van der Waals surface area contributed by atoms with E-state index in [1.54, 1.807) is 0 Å². The predicted octanol–water partition coefficient (Wildman–Crippen LogP) is 13.7. The number of fused-ring (bicyclic) bond motifs is 11. The molecule has 0 aliphatic carbocycles. The third-order valence-corrected chi connectivity index (χ3v) is 12.6. The Morgan fingerprint density at radius 2 is 0.729 bits per heavy atom. The van der Waals surface area contributed by atoms with Crippen molar-refractivity contribution < 1.29 is 0 Å². The van der Waals surface area contributed by atoms with Gasteiger partial charge in [0.1, 0.15) is 0 Å². The van der Waals surface area contributed by atoms with E-state index in [1.807, 2.05) is 28.7 Å². The molecule has 0 spiro atoms. The van der Waals surface area contributed by atoms with E-state index in [9.17, 15) is 4.79 Å². The molecular weight excluding hydrogens is 719 g/mol. The van der Waals surface area contributed by atoms with E-state index in [4.69, 9.17) is 0 Å². The van der Waals surface area contributed by atoms with Gasteiger partial charge in [-0.25, -0.2) is 0 Å². The lowest BCUT2D eigenvalue weighted by Crippen LogP contribution is -2.12. The lowest BCUT2D eigenvalue weighted by molar-refractivity contribution is 1.18. The third kappa shape index (κ3) is 4.51. The molecule has 9 aromatic carbocycles. The van der Waals surface area contributed by atoms with E-state index in [1.165, 1.54) is 54.8 Å². The van der Waals surface area contributed by atoms with Crippen molar-refractivity contribution in [2.75, 3.05) is 0 Å². The summed E-state index contributed by atoms with van der Waals surface area (Å²) in [6.07, 6.45) is 0. The highest BCUT2D eigenvalue weighted by Crippen LogP contribution is 2.41. The van der Waals surface area contributed by atoms with Crippen molar-refractivity contribution in [3.05, 3.63) is 211 Å². The first-order chi connectivity index (χ1) is 29.2. The van der Waals surface area contributed by atoms with E-state index < -0.39 is 0 Å². The quantitative estimate of drug-likeness (QED) is 0.165. The summed E-state index contributed by atoms with van der Waals surface area (Å²) >= 11 is 0. The van der Waals surface area contributed by atoms with Crippen molar-refractivity contribution in [1.29, 1.82) is 0 Å². The summed E-state index contributed by atoms with van der Waals surface area (Å²) in [7, 11) is 0. The molecule has 0 N–H and O–H groups in total. The summed E-state index contributed by atoms with van der Waals surface area (Å²) in [5.74, 6) is 0. The zero-order valence-corrected chi connectivity index (χ0v) is 31.8. The molecule has 0 amide bonds. The Morgan fingerprint density at radius 1 is 0.271 bits per heavy atom. The summed E-state index contributed by atoms with van der Waals surface area (Å²) in [5.41, 5.74) is 13.6. The first-order valence-electron chi connectivity index (χ1n) is 20.1. The molecule has 0 unspecified atom stereocenters. The number of hydrogen-bond donors (Lipinski definition) is 0. The zero-order chi connectivity index (χ0) is 38.8. The Kier molecular flexibility index (Phi) is 6.56. The van der Waals surface area contributed by atoms with Crippen molar-refractivity contribution in [2.45, 2.75) is 0 Å². The molecule has 4 aromatic heterocycles. The molecule has 274 valence electrons. The molecule has 0 fully saturated rings. The molecular formula is C55H33N3O. The molecule has 0 radical (unpaired) electrons. The van der Waals surface area contributed by atoms with Gasteiger partial charge in [0.05, 0.1) is 33.1 Å². The van der Waals surface area contributed by atoms with Gasteiger partial charge in [0, 0.05) is 54.5 Å². The molecule has 0 saturated heterocycles. The van der Waals surface area contributed by atoms with Crippen LogP contribution >= 0.6 is 0 Å². The van der Waals surface area contributed by atoms with Crippen LogP contribution in [-0.2, 0) is 0 Å². The number of pyridine rings is 1. The number of rotatable bonds is 4. The molecule has 0 aliphatic heterocycles. The molecule has 0 saturated carbocycles. The summed E-state index contributed by atoms with van der Waals surface area (Å²) in [6, 6.07) is 71.6. The molecule has 4 heterocycles. The Balaban J connectivity index is 1.01. The van der Waals surface area contributed by atoms with Crippen LogP contribution in [-0.4, -0.2) is 13.5 Å². The van der Waals surface area contributed by atoms with Crippen LogP contribution in [0.15, 0.2) is 205 Å². The topological polar surface area (TPSA) is 31.3 Å². The van der Waals surface area contributed by atoms with Crippen molar-refractivity contribution in [1.82, 2.24) is 13.5 Å². The van der Waals surface area contributed by atoms with Crippen LogP contribution in [0.5, 0.6) is 0 Å². The van der Waals surface area contributed by atoms with Crippen LogP contribution in [0.3, 0.4) is 0 Å². The van der Waals surface area contributed by atoms with Crippen molar-refractivity contribution in [2.24, 2.45) is 0 Å². The summed E-state index contributed by atoms with van der Waals surface area (Å²) in [4.78, 5) is 14.0. The van der Waals surface area contributed by atoms with Crippen LogP contribution in [0.25, 0.3) is 115 Å². The van der Waals surface area contributed by atoms with Gasteiger partial charge in [-0.3, -0.25) is 9.20 Å². The van der Waals surface area contributed by atoms with Gasteiger partial charge in [0.25, 0.3) is 5.56 Å². The smallest absolute Gasteiger partial charge is 0.263 e. The molecule has 0 atom stereocenters. The van der Waals surface area contributed by atoms with Gasteiger partial charge in [-0.2, -0.15) is 0 Å². The number of nitrogens with zero attached hydrogens (tertiary/aromatic N) is 3. The minimum absolute atomic E-state index is 0.0245. The van der Waals surface area contributed by atoms with Crippen LogP contribution < -0.4 is 5.56 Å². The lowest BCUT2D eigenvalue weighted by atomic mass is 10.0. The fourth-order valence-corrected chi connectivity index (χ4v) is 9.97. The average molecular weight is 752 g/mol. The van der Waals surface area contributed by atoms with E-state index >= 15 is 0 Å². The van der Waals surface area contributed by atoms with Gasteiger partial charge in [0.15, 0.2) is 0 Å². The maximum atomic E-state index is 14.0. The van der Waals surface area contributed by atoms with Gasteiger partial charge in [-0.05, 0) is 100 Å². The predicted molar refractivity (Wildman–Crippen MR) is 247 cm³/mol.